The number of nitro groups is 1. The topological polar surface area (TPSA) is 181 Å². The van der Waals surface area contributed by atoms with Crippen molar-refractivity contribution in [1.29, 1.82) is 0 Å². The Labute approximate surface area is 204 Å². The summed E-state index contributed by atoms with van der Waals surface area (Å²) in [7, 11) is -4.08. The molecule has 2 aliphatic heterocycles. The molecule has 0 aliphatic carbocycles. The fraction of sp³-hybridized carbons (Fsp3) is 0.381. The van der Waals surface area contributed by atoms with Crippen LogP contribution < -0.4 is 0 Å². The lowest BCUT2D eigenvalue weighted by atomic mass is 9.96. The summed E-state index contributed by atoms with van der Waals surface area (Å²) in [5.74, 6) is -0.234. The van der Waals surface area contributed by atoms with Crippen LogP contribution in [0.2, 0.25) is 0 Å². The van der Waals surface area contributed by atoms with Crippen molar-refractivity contribution in [2.75, 3.05) is 6.61 Å². The second-order valence-electron chi connectivity index (χ2n) is 8.33. The van der Waals surface area contributed by atoms with Gasteiger partial charge in [0.15, 0.2) is 28.2 Å². The van der Waals surface area contributed by atoms with Crippen LogP contribution in [0.4, 0.5) is 5.69 Å². The van der Waals surface area contributed by atoms with E-state index in [4.69, 9.17) is 15.9 Å². The number of terminal acetylenes is 1. The van der Waals surface area contributed by atoms with E-state index in [9.17, 15) is 32.9 Å². The molecule has 1 aromatic carbocycles. The molecule has 0 N–H and O–H groups in total. The van der Waals surface area contributed by atoms with Gasteiger partial charge in [0.2, 0.25) is 5.91 Å². The number of ether oxygens (including phenoxy) is 2. The first-order valence-electron chi connectivity index (χ1n) is 10.4. The number of nitro benzene ring substituents is 1. The monoisotopic (exact) mass is 517 g/mol. The van der Waals surface area contributed by atoms with E-state index in [1.165, 1.54) is 31.2 Å². The van der Waals surface area contributed by atoms with Crippen molar-refractivity contribution in [3.05, 3.63) is 51.8 Å². The van der Waals surface area contributed by atoms with Crippen LogP contribution in [-0.4, -0.2) is 73.9 Å². The molecule has 2 fully saturated rings. The van der Waals surface area contributed by atoms with Crippen molar-refractivity contribution in [2.24, 2.45) is 0 Å². The Kier molecular flexibility index (Phi) is 6.23. The minimum absolute atomic E-state index is 0.149. The summed E-state index contributed by atoms with van der Waals surface area (Å²) in [6, 6.07) is 3.76. The molecule has 0 bridgehead atoms. The number of carbonyl (C=O) groups excluding carboxylic acids is 3. The number of esters is 2. The maximum atomic E-state index is 13.4. The number of rotatable bonds is 8. The number of sulfone groups is 1. The fourth-order valence-corrected chi connectivity index (χ4v) is 6.55. The van der Waals surface area contributed by atoms with E-state index < -0.39 is 55.3 Å². The predicted octanol–water partition coefficient (Wildman–Crippen LogP) is -0.166. The number of carbonyl (C=O) groups is 3. The quantitative estimate of drug-likeness (QED) is 0.149. The summed E-state index contributed by atoms with van der Waals surface area (Å²) in [6.45, 7) is 0.288. The van der Waals surface area contributed by atoms with E-state index in [0.29, 0.717) is 5.56 Å². The lowest BCUT2D eigenvalue weighted by Crippen LogP contribution is -2.58. The highest BCUT2D eigenvalue weighted by Gasteiger charge is 2.70. The minimum Gasteiger partial charge on any atom is -0.459 e. The molecule has 0 saturated carbocycles. The van der Waals surface area contributed by atoms with Crippen molar-refractivity contribution in [1.82, 2.24) is 19.9 Å². The zero-order chi connectivity index (χ0) is 26.3. The predicted molar refractivity (Wildman–Crippen MR) is 118 cm³/mol. The van der Waals surface area contributed by atoms with Gasteiger partial charge in [-0.1, -0.05) is 11.1 Å². The summed E-state index contributed by atoms with van der Waals surface area (Å²) < 4.78 is 36.0. The fourth-order valence-electron chi connectivity index (χ4n) is 4.19. The first kappa shape index (κ1) is 24.8. The van der Waals surface area contributed by atoms with Crippen LogP contribution in [0.1, 0.15) is 29.4 Å². The van der Waals surface area contributed by atoms with Crippen molar-refractivity contribution in [3.8, 4) is 12.3 Å². The zero-order valence-corrected chi connectivity index (χ0v) is 19.6. The summed E-state index contributed by atoms with van der Waals surface area (Å²) in [5.41, 5.74) is 0.0548. The van der Waals surface area contributed by atoms with Crippen LogP contribution in [0.3, 0.4) is 0 Å². The average molecular weight is 517 g/mol. The molecule has 3 atom stereocenters. The van der Waals surface area contributed by atoms with Gasteiger partial charge in [0.05, 0.1) is 24.1 Å². The standard InChI is InChI=1S/C21H19N5O9S/c1-3-8-34-19(28)15-10-24(23-22-15)12-21(2)18(25-16(27)9-17(25)36(21,32)33)20(29)35-11-13-4-6-14(7-5-13)26(30)31/h1,4-7,10,17-18H,8-9,11-12H2,2H3/t17-,18-,21-/m0/s1. The van der Waals surface area contributed by atoms with Gasteiger partial charge >= 0.3 is 11.9 Å². The van der Waals surface area contributed by atoms with Gasteiger partial charge in [0, 0.05) is 12.1 Å². The van der Waals surface area contributed by atoms with Crippen LogP contribution in [-0.2, 0) is 42.1 Å². The molecule has 0 spiro atoms. The minimum atomic E-state index is -4.08. The van der Waals surface area contributed by atoms with Gasteiger partial charge in [0.1, 0.15) is 16.7 Å². The van der Waals surface area contributed by atoms with Crippen molar-refractivity contribution in [3.63, 3.8) is 0 Å². The SMILES string of the molecule is C#CCOC(=O)c1cn(C[C@@]2(C)[C@H](C(=O)OCc3ccc([N+](=O)[O-])cc3)N3C(=O)C[C@@H]3S2(=O)=O)nn1. The third kappa shape index (κ3) is 4.05. The Morgan fingerprint density at radius 3 is 2.61 bits per heavy atom. The number of aromatic nitrogens is 3. The Hall–Kier alpha value is -4.32. The lowest BCUT2D eigenvalue weighted by molar-refractivity contribution is -0.384. The second kappa shape index (κ2) is 9.04. The molecule has 2 saturated heterocycles. The molecule has 3 heterocycles. The molecule has 4 rings (SSSR count). The maximum absolute atomic E-state index is 13.4. The van der Waals surface area contributed by atoms with Crippen LogP contribution >= 0.6 is 0 Å². The highest BCUT2D eigenvalue weighted by molar-refractivity contribution is 7.93. The number of nitrogens with zero attached hydrogens (tertiary/aromatic N) is 5. The van der Waals surface area contributed by atoms with E-state index >= 15 is 0 Å². The number of β-lactam (4-membered cyclic amide) rings is 1. The normalized spacial score (nSPS) is 23.8. The Morgan fingerprint density at radius 1 is 1.31 bits per heavy atom. The lowest BCUT2D eigenvalue weighted by Gasteiger charge is -2.36. The molecule has 1 amide bonds. The molecule has 2 aromatic rings. The number of hydrogen-bond donors (Lipinski definition) is 0. The molecule has 36 heavy (non-hydrogen) atoms. The number of non-ortho nitro benzene ring substituents is 1. The second-order valence-corrected chi connectivity index (χ2v) is 10.9. The van der Waals surface area contributed by atoms with E-state index in [1.54, 1.807) is 0 Å². The van der Waals surface area contributed by atoms with Crippen molar-refractivity contribution in [2.45, 2.75) is 42.7 Å². The summed E-state index contributed by atoms with van der Waals surface area (Å²) >= 11 is 0. The molecule has 0 unspecified atom stereocenters. The molecule has 188 valence electrons. The average Bonchev–Trinajstić information content (AvgIpc) is 3.35. The Bertz CT molecular complexity index is 1400. The molecular formula is C21H19N5O9S. The van der Waals surface area contributed by atoms with Gasteiger partial charge < -0.3 is 14.4 Å². The maximum Gasteiger partial charge on any atom is 0.361 e. The van der Waals surface area contributed by atoms with Crippen molar-refractivity contribution >= 4 is 33.4 Å². The smallest absolute Gasteiger partial charge is 0.361 e. The number of amides is 1. The first-order valence-corrected chi connectivity index (χ1v) is 12.0. The third-order valence-corrected chi connectivity index (χ3v) is 8.84. The van der Waals surface area contributed by atoms with E-state index in [-0.39, 0.29) is 31.0 Å². The van der Waals surface area contributed by atoms with Crippen LogP contribution in [0.15, 0.2) is 30.5 Å². The van der Waals surface area contributed by atoms with Crippen LogP contribution in [0.25, 0.3) is 0 Å². The number of fused-ring (bicyclic) bond motifs is 1. The zero-order valence-electron chi connectivity index (χ0n) is 18.8. The van der Waals surface area contributed by atoms with Gasteiger partial charge in [-0.15, -0.1) is 11.5 Å². The molecule has 15 heteroatoms. The first-order chi connectivity index (χ1) is 17.0. The van der Waals surface area contributed by atoms with Gasteiger partial charge in [-0.2, -0.15) is 0 Å². The van der Waals surface area contributed by atoms with Gasteiger partial charge in [-0.3, -0.25) is 14.9 Å². The number of benzene rings is 1. The van der Waals surface area contributed by atoms with E-state index in [0.717, 1.165) is 15.8 Å². The van der Waals surface area contributed by atoms with Crippen molar-refractivity contribution < 1.29 is 37.2 Å². The summed E-state index contributed by atoms with van der Waals surface area (Å²) in [4.78, 5) is 48.6. The third-order valence-electron chi connectivity index (χ3n) is 6.07. The Morgan fingerprint density at radius 2 is 2.00 bits per heavy atom. The highest BCUT2D eigenvalue weighted by Crippen LogP contribution is 2.47. The molecule has 14 nitrogen and oxygen atoms in total. The highest BCUT2D eigenvalue weighted by atomic mass is 32.2. The summed E-state index contributed by atoms with van der Waals surface area (Å²) in [6.07, 6.45) is 5.92. The molecule has 2 aliphatic rings. The van der Waals surface area contributed by atoms with E-state index in [2.05, 4.69) is 16.2 Å². The van der Waals surface area contributed by atoms with E-state index in [1.807, 2.05) is 0 Å². The van der Waals surface area contributed by atoms with Gasteiger partial charge in [-0.25, -0.2) is 22.7 Å². The molecular weight excluding hydrogens is 498 g/mol. The molecule has 1 aromatic heterocycles. The van der Waals surface area contributed by atoms with Gasteiger partial charge in [-0.05, 0) is 24.6 Å². The van der Waals surface area contributed by atoms with Gasteiger partial charge in [0.25, 0.3) is 5.69 Å². The largest absolute Gasteiger partial charge is 0.459 e. The molecule has 0 radical (unpaired) electrons. The van der Waals surface area contributed by atoms with Crippen LogP contribution in [0.5, 0.6) is 0 Å². The Balaban J connectivity index is 1.57. The number of hydrogen-bond acceptors (Lipinski definition) is 11. The van der Waals surface area contributed by atoms with Crippen LogP contribution in [0, 0.1) is 22.5 Å². The summed E-state index contributed by atoms with van der Waals surface area (Å²) in [5, 5.41) is 17.0.